The molecule has 24 heavy (non-hydrogen) atoms. The van der Waals surface area contributed by atoms with Crippen LogP contribution in [-0.2, 0) is 23.8 Å². The third kappa shape index (κ3) is 2.27. The van der Waals surface area contributed by atoms with Gasteiger partial charge in [-0.15, -0.1) is 0 Å². The van der Waals surface area contributed by atoms with Crippen LogP contribution >= 0.6 is 0 Å². The summed E-state index contributed by atoms with van der Waals surface area (Å²) in [6.07, 6.45) is 10.5. The molecule has 134 valence electrons. The molecule has 5 heteroatoms. The van der Waals surface area contributed by atoms with Crippen LogP contribution in [0, 0.1) is 11.3 Å². The predicted octanol–water partition coefficient (Wildman–Crippen LogP) is 3.14. The number of rotatable bonds is 1. The first-order valence-electron chi connectivity index (χ1n) is 9.60. The van der Waals surface area contributed by atoms with Gasteiger partial charge in [-0.05, 0) is 38.5 Å². The Morgan fingerprint density at radius 3 is 2.25 bits per heavy atom. The number of Topliss-reactive ketones (excluding diaryl/α,β-unsaturated/α-hetero) is 1. The van der Waals surface area contributed by atoms with Gasteiger partial charge in [0.15, 0.2) is 11.6 Å². The Bertz CT molecular complexity index is 512. The van der Waals surface area contributed by atoms with Crippen LogP contribution in [-0.4, -0.2) is 36.9 Å². The molecule has 0 amide bonds. The van der Waals surface area contributed by atoms with E-state index >= 15 is 0 Å². The fraction of sp³-hybridized carbons (Fsp3) is 0.895. The first-order chi connectivity index (χ1) is 11.6. The van der Waals surface area contributed by atoms with Gasteiger partial charge in [0.25, 0.3) is 0 Å². The van der Waals surface area contributed by atoms with Gasteiger partial charge in [-0.25, -0.2) is 0 Å². The van der Waals surface area contributed by atoms with Gasteiger partial charge in [-0.1, -0.05) is 25.7 Å². The standard InChI is InChI=1S/C19H28O5/c1-22-17(21)13-7-6-11-18(16(13)20)10-4-5-12-19(18)23-14-8-2-3-9-15(14)24-19/h13-15H,2-12H2,1H3/t13?,14-,15-,18-/m0/s1. The van der Waals surface area contributed by atoms with Crippen molar-refractivity contribution in [3.8, 4) is 0 Å². The van der Waals surface area contributed by atoms with Crippen LogP contribution in [0.1, 0.15) is 70.6 Å². The number of ketones is 1. The summed E-state index contributed by atoms with van der Waals surface area (Å²) in [7, 11) is 1.37. The Balaban J connectivity index is 1.68. The van der Waals surface area contributed by atoms with Gasteiger partial charge in [-0.2, -0.15) is 0 Å². The largest absolute Gasteiger partial charge is 0.468 e. The Morgan fingerprint density at radius 1 is 0.958 bits per heavy atom. The summed E-state index contributed by atoms with van der Waals surface area (Å²) < 4.78 is 17.9. The summed E-state index contributed by atoms with van der Waals surface area (Å²) in [5.41, 5.74) is -0.653. The van der Waals surface area contributed by atoms with Crippen molar-refractivity contribution < 1.29 is 23.8 Å². The summed E-state index contributed by atoms with van der Waals surface area (Å²) in [6, 6.07) is 0. The molecule has 5 nitrogen and oxygen atoms in total. The molecular weight excluding hydrogens is 308 g/mol. The van der Waals surface area contributed by atoms with Crippen molar-refractivity contribution in [3.05, 3.63) is 0 Å². The Hall–Kier alpha value is -0.940. The SMILES string of the molecule is COC(=O)C1CCC[C@@]2(CCCCC23O[C@H]2CCCC[C@@H]2O3)C1=O. The lowest BCUT2D eigenvalue weighted by Gasteiger charge is -2.52. The van der Waals surface area contributed by atoms with Crippen LogP contribution in [0.5, 0.6) is 0 Å². The fourth-order valence-electron chi connectivity index (χ4n) is 5.60. The van der Waals surface area contributed by atoms with E-state index in [4.69, 9.17) is 14.2 Å². The molecule has 0 aromatic heterocycles. The third-order valence-electron chi connectivity index (χ3n) is 6.78. The van der Waals surface area contributed by atoms with Gasteiger partial charge in [0.05, 0.1) is 24.7 Å². The minimum absolute atomic E-state index is 0.0129. The van der Waals surface area contributed by atoms with Gasteiger partial charge >= 0.3 is 5.97 Å². The highest BCUT2D eigenvalue weighted by Crippen LogP contribution is 2.59. The highest BCUT2D eigenvalue weighted by Gasteiger charge is 2.66. The molecule has 0 aromatic carbocycles. The van der Waals surface area contributed by atoms with E-state index in [9.17, 15) is 9.59 Å². The molecule has 0 aromatic rings. The summed E-state index contributed by atoms with van der Waals surface area (Å²) >= 11 is 0. The number of hydrogen-bond donors (Lipinski definition) is 0. The second-order valence-electron chi connectivity index (χ2n) is 7.97. The maximum Gasteiger partial charge on any atom is 0.316 e. The molecule has 1 heterocycles. The van der Waals surface area contributed by atoms with Crippen molar-refractivity contribution in [2.24, 2.45) is 11.3 Å². The molecule has 0 N–H and O–H groups in total. The number of hydrogen-bond acceptors (Lipinski definition) is 5. The molecule has 3 saturated carbocycles. The Morgan fingerprint density at radius 2 is 1.58 bits per heavy atom. The number of carbonyl (C=O) groups excluding carboxylic acids is 2. The minimum atomic E-state index is -0.797. The molecule has 0 radical (unpaired) electrons. The zero-order valence-electron chi connectivity index (χ0n) is 14.6. The van der Waals surface area contributed by atoms with E-state index in [1.165, 1.54) is 20.0 Å². The monoisotopic (exact) mass is 336 g/mol. The van der Waals surface area contributed by atoms with E-state index in [1.54, 1.807) is 0 Å². The normalized spacial score (nSPS) is 41.4. The highest BCUT2D eigenvalue weighted by atomic mass is 16.8. The van der Waals surface area contributed by atoms with E-state index in [1.807, 2.05) is 0 Å². The van der Waals surface area contributed by atoms with Crippen molar-refractivity contribution >= 4 is 11.8 Å². The van der Waals surface area contributed by atoms with Gasteiger partial charge in [0, 0.05) is 6.42 Å². The number of ether oxygens (including phenoxy) is 3. The van der Waals surface area contributed by atoms with Crippen LogP contribution in [0.3, 0.4) is 0 Å². The summed E-state index contributed by atoms with van der Waals surface area (Å²) in [4.78, 5) is 25.5. The summed E-state index contributed by atoms with van der Waals surface area (Å²) in [6.45, 7) is 0. The Kier molecular flexibility index (Phi) is 4.20. The van der Waals surface area contributed by atoms with Crippen molar-refractivity contribution in [3.63, 3.8) is 0 Å². The topological polar surface area (TPSA) is 61.8 Å². The summed E-state index contributed by atoms with van der Waals surface area (Å²) in [5.74, 6) is -1.82. The van der Waals surface area contributed by atoms with Crippen molar-refractivity contribution in [2.45, 2.75) is 88.6 Å². The number of methoxy groups -OCH3 is 1. The lowest BCUT2D eigenvalue weighted by Crippen LogP contribution is -2.60. The van der Waals surface area contributed by atoms with E-state index in [0.717, 1.165) is 51.4 Å². The molecule has 1 unspecified atom stereocenters. The van der Waals surface area contributed by atoms with E-state index in [0.29, 0.717) is 6.42 Å². The highest BCUT2D eigenvalue weighted by molar-refractivity contribution is 6.03. The average molecular weight is 336 g/mol. The van der Waals surface area contributed by atoms with Crippen LogP contribution in [0.15, 0.2) is 0 Å². The van der Waals surface area contributed by atoms with Gasteiger partial charge in [0.1, 0.15) is 5.92 Å². The maximum atomic E-state index is 13.4. The van der Waals surface area contributed by atoms with Crippen molar-refractivity contribution in [2.75, 3.05) is 7.11 Å². The number of esters is 1. The predicted molar refractivity (Wildman–Crippen MR) is 86.2 cm³/mol. The first kappa shape index (κ1) is 16.5. The second kappa shape index (κ2) is 6.10. The number of fused-ring (bicyclic) bond motifs is 2. The molecule has 1 saturated heterocycles. The molecule has 4 atom stereocenters. The van der Waals surface area contributed by atoms with Crippen LogP contribution < -0.4 is 0 Å². The van der Waals surface area contributed by atoms with Gasteiger partial charge < -0.3 is 14.2 Å². The molecule has 2 spiro atoms. The van der Waals surface area contributed by atoms with E-state index < -0.39 is 23.1 Å². The molecule has 0 bridgehead atoms. The molecule has 4 rings (SSSR count). The van der Waals surface area contributed by atoms with Crippen molar-refractivity contribution in [1.82, 2.24) is 0 Å². The van der Waals surface area contributed by atoms with E-state index in [-0.39, 0.29) is 18.0 Å². The van der Waals surface area contributed by atoms with Crippen molar-refractivity contribution in [1.29, 1.82) is 0 Å². The zero-order valence-corrected chi connectivity index (χ0v) is 14.6. The third-order valence-corrected chi connectivity index (χ3v) is 6.78. The van der Waals surface area contributed by atoms with E-state index in [2.05, 4.69) is 0 Å². The average Bonchev–Trinajstić information content (AvgIpc) is 2.98. The lowest BCUT2D eigenvalue weighted by molar-refractivity contribution is -0.267. The summed E-state index contributed by atoms with van der Waals surface area (Å²) in [5, 5.41) is 0. The quantitative estimate of drug-likeness (QED) is 0.544. The maximum absolute atomic E-state index is 13.4. The van der Waals surface area contributed by atoms with Gasteiger partial charge in [-0.3, -0.25) is 9.59 Å². The minimum Gasteiger partial charge on any atom is -0.468 e. The first-order valence-corrected chi connectivity index (χ1v) is 9.60. The number of carbonyl (C=O) groups is 2. The Labute approximate surface area is 143 Å². The molecular formula is C19H28O5. The second-order valence-corrected chi connectivity index (χ2v) is 7.97. The molecule has 4 aliphatic rings. The van der Waals surface area contributed by atoms with Crippen LogP contribution in [0.25, 0.3) is 0 Å². The fourth-order valence-corrected chi connectivity index (χ4v) is 5.60. The molecule has 3 aliphatic carbocycles. The van der Waals surface area contributed by atoms with Gasteiger partial charge in [0.2, 0.25) is 0 Å². The molecule has 1 aliphatic heterocycles. The van der Waals surface area contributed by atoms with Crippen LogP contribution in [0.2, 0.25) is 0 Å². The smallest absolute Gasteiger partial charge is 0.316 e. The zero-order chi connectivity index (χ0) is 16.8. The molecule has 4 fully saturated rings. The van der Waals surface area contributed by atoms with Crippen LogP contribution in [0.4, 0.5) is 0 Å². The lowest BCUT2D eigenvalue weighted by atomic mass is 9.58.